The van der Waals surface area contributed by atoms with E-state index in [0.717, 1.165) is 28.8 Å². The van der Waals surface area contributed by atoms with Crippen LogP contribution in [0.5, 0.6) is 0 Å². The number of carbonyl (C=O) groups is 1. The molecule has 2 aromatic heterocycles. The first-order valence-electron chi connectivity index (χ1n) is 14.2. The molecule has 212 valence electrons. The maximum Gasteiger partial charge on any atom is 0.303 e. The van der Waals surface area contributed by atoms with E-state index < -0.39 is 11.6 Å². The first kappa shape index (κ1) is 28.2. The number of fused-ring (bicyclic) bond motifs is 1. The number of hydrogen-bond acceptors (Lipinski definition) is 6. The summed E-state index contributed by atoms with van der Waals surface area (Å²) in [6.07, 6.45) is 6.76. The SMILES string of the molecule is CCCc1c(Cc2ccc(-c3ccccc3C#N)cc2)c(=O)n([C@H]2CC[C@@](CCC(=O)O)(OC)CC2)c2ncnn12. The predicted octanol–water partition coefficient (Wildman–Crippen LogP) is 5.34. The van der Waals surface area contributed by atoms with Crippen molar-refractivity contribution in [2.75, 3.05) is 7.11 Å². The van der Waals surface area contributed by atoms with Crippen LogP contribution in [0.3, 0.4) is 0 Å². The molecule has 9 nitrogen and oxygen atoms in total. The summed E-state index contributed by atoms with van der Waals surface area (Å²) >= 11 is 0. The van der Waals surface area contributed by atoms with Crippen LogP contribution in [0.25, 0.3) is 16.9 Å². The monoisotopic (exact) mass is 553 g/mol. The Kier molecular flexibility index (Phi) is 8.31. The summed E-state index contributed by atoms with van der Waals surface area (Å²) in [5.74, 6) is -0.283. The number of ether oxygens (including phenoxy) is 1. The molecule has 2 aromatic carbocycles. The van der Waals surface area contributed by atoms with Gasteiger partial charge < -0.3 is 9.84 Å². The van der Waals surface area contributed by atoms with Gasteiger partial charge >= 0.3 is 5.97 Å². The van der Waals surface area contributed by atoms with E-state index in [0.29, 0.717) is 61.9 Å². The lowest BCUT2D eigenvalue weighted by Crippen LogP contribution is -2.40. The fourth-order valence-electron chi connectivity index (χ4n) is 6.19. The van der Waals surface area contributed by atoms with Crippen molar-refractivity contribution in [1.82, 2.24) is 19.2 Å². The zero-order valence-corrected chi connectivity index (χ0v) is 23.5. The molecule has 2 heterocycles. The number of nitrogens with zero attached hydrogens (tertiary/aromatic N) is 5. The zero-order valence-electron chi connectivity index (χ0n) is 23.5. The number of aromatic nitrogens is 4. The van der Waals surface area contributed by atoms with Crippen molar-refractivity contribution in [3.05, 3.63) is 87.6 Å². The average molecular weight is 554 g/mol. The maximum atomic E-state index is 14.2. The molecule has 41 heavy (non-hydrogen) atoms. The lowest BCUT2D eigenvalue weighted by Gasteiger charge is -2.39. The molecule has 0 spiro atoms. The average Bonchev–Trinajstić information content (AvgIpc) is 3.48. The highest BCUT2D eigenvalue weighted by Crippen LogP contribution is 2.40. The van der Waals surface area contributed by atoms with Crippen molar-refractivity contribution in [3.8, 4) is 17.2 Å². The quantitative estimate of drug-likeness (QED) is 0.281. The summed E-state index contributed by atoms with van der Waals surface area (Å²) in [6, 6.07) is 17.7. The molecule has 1 aliphatic carbocycles. The molecular formula is C32H35N5O4. The number of aliphatic carboxylic acids is 1. The van der Waals surface area contributed by atoms with E-state index in [4.69, 9.17) is 4.74 Å². The van der Waals surface area contributed by atoms with Crippen LogP contribution in [0.2, 0.25) is 0 Å². The third-order valence-electron chi connectivity index (χ3n) is 8.47. The fourth-order valence-corrected chi connectivity index (χ4v) is 6.19. The van der Waals surface area contributed by atoms with E-state index >= 15 is 0 Å². The van der Waals surface area contributed by atoms with Crippen LogP contribution in [0, 0.1) is 11.3 Å². The highest BCUT2D eigenvalue weighted by atomic mass is 16.5. The van der Waals surface area contributed by atoms with Crippen LogP contribution in [-0.4, -0.2) is 43.0 Å². The van der Waals surface area contributed by atoms with Crippen LogP contribution in [0.4, 0.5) is 0 Å². The number of rotatable bonds is 10. The Labute approximate surface area is 239 Å². The maximum absolute atomic E-state index is 14.2. The first-order chi connectivity index (χ1) is 19.9. The van der Waals surface area contributed by atoms with Gasteiger partial charge in [-0.2, -0.15) is 15.3 Å². The van der Waals surface area contributed by atoms with Gasteiger partial charge in [0.1, 0.15) is 6.33 Å². The van der Waals surface area contributed by atoms with Gasteiger partial charge in [-0.3, -0.25) is 14.2 Å². The van der Waals surface area contributed by atoms with Crippen molar-refractivity contribution in [1.29, 1.82) is 5.26 Å². The summed E-state index contributed by atoms with van der Waals surface area (Å²) in [4.78, 5) is 29.9. The number of benzene rings is 2. The van der Waals surface area contributed by atoms with Crippen molar-refractivity contribution in [2.24, 2.45) is 0 Å². The third kappa shape index (κ3) is 5.66. The predicted molar refractivity (Wildman–Crippen MR) is 155 cm³/mol. The van der Waals surface area contributed by atoms with Crippen molar-refractivity contribution in [3.63, 3.8) is 0 Å². The van der Waals surface area contributed by atoms with Gasteiger partial charge in [-0.1, -0.05) is 55.8 Å². The molecule has 1 saturated carbocycles. The number of aryl methyl sites for hydroxylation is 1. The minimum absolute atomic E-state index is 0.0479. The van der Waals surface area contributed by atoms with Gasteiger partial charge in [0.15, 0.2) is 0 Å². The molecule has 1 N–H and O–H groups in total. The Morgan fingerprint density at radius 3 is 2.56 bits per heavy atom. The smallest absolute Gasteiger partial charge is 0.303 e. The number of nitriles is 1. The Bertz CT molecular complexity index is 1640. The number of carboxylic acid groups (broad SMARTS) is 1. The summed E-state index contributed by atoms with van der Waals surface area (Å²) in [7, 11) is 1.65. The minimum atomic E-state index is -0.830. The van der Waals surface area contributed by atoms with Gasteiger partial charge in [0.2, 0.25) is 5.78 Å². The lowest BCUT2D eigenvalue weighted by molar-refractivity contribution is -0.139. The molecule has 1 fully saturated rings. The molecule has 1 aliphatic rings. The molecule has 0 amide bonds. The molecular weight excluding hydrogens is 518 g/mol. The molecule has 0 unspecified atom stereocenters. The van der Waals surface area contributed by atoms with Gasteiger partial charge in [0, 0.05) is 31.6 Å². The lowest BCUT2D eigenvalue weighted by atomic mass is 9.79. The molecule has 4 aromatic rings. The number of hydrogen-bond donors (Lipinski definition) is 1. The van der Waals surface area contributed by atoms with Gasteiger partial charge in [-0.15, -0.1) is 0 Å². The molecule has 0 radical (unpaired) electrons. The summed E-state index contributed by atoms with van der Waals surface area (Å²) < 4.78 is 9.45. The number of methoxy groups -OCH3 is 1. The van der Waals surface area contributed by atoms with Crippen LogP contribution in [-0.2, 0) is 22.4 Å². The second kappa shape index (κ2) is 12.1. The van der Waals surface area contributed by atoms with Crippen LogP contribution in [0.15, 0.2) is 59.7 Å². The van der Waals surface area contributed by atoms with Crippen molar-refractivity contribution >= 4 is 11.7 Å². The second-order valence-electron chi connectivity index (χ2n) is 10.9. The summed E-state index contributed by atoms with van der Waals surface area (Å²) in [5.41, 5.74) is 4.51. The molecule has 0 bridgehead atoms. The molecule has 0 aliphatic heterocycles. The van der Waals surface area contributed by atoms with E-state index in [1.165, 1.54) is 6.33 Å². The topological polar surface area (TPSA) is 123 Å². The van der Waals surface area contributed by atoms with E-state index in [1.54, 1.807) is 11.7 Å². The Morgan fingerprint density at radius 1 is 1.17 bits per heavy atom. The largest absolute Gasteiger partial charge is 0.481 e. The van der Waals surface area contributed by atoms with E-state index in [2.05, 4.69) is 23.1 Å². The van der Waals surface area contributed by atoms with E-state index in [1.807, 2.05) is 53.0 Å². The van der Waals surface area contributed by atoms with Gasteiger partial charge in [-0.25, -0.2) is 4.52 Å². The normalized spacial score (nSPS) is 18.8. The third-order valence-corrected chi connectivity index (χ3v) is 8.47. The van der Waals surface area contributed by atoms with E-state index in [9.17, 15) is 20.0 Å². The Balaban J connectivity index is 1.49. The fraction of sp³-hybridized carbons (Fsp3) is 0.406. The number of carboxylic acids is 1. The standard InChI is InChI=1S/C32H35N5O4/c1-3-6-28-27(19-22-9-11-23(12-10-22)26-8-5-4-7-24(26)20-33)30(40)36(31-34-21-35-37(28)31)25-13-16-32(41-2,17-14-25)18-15-29(38)39/h4-5,7-12,21,25H,3,6,13-19H2,1-2H3,(H,38,39)/t25-,32+. The molecule has 0 atom stereocenters. The van der Waals surface area contributed by atoms with Crippen LogP contribution >= 0.6 is 0 Å². The molecule has 0 saturated heterocycles. The first-order valence-corrected chi connectivity index (χ1v) is 14.2. The van der Waals surface area contributed by atoms with Crippen molar-refractivity contribution in [2.45, 2.75) is 76.4 Å². The van der Waals surface area contributed by atoms with E-state index in [-0.39, 0.29) is 18.0 Å². The van der Waals surface area contributed by atoms with Crippen LogP contribution in [0.1, 0.15) is 80.3 Å². The molecule has 9 heteroatoms. The molecule has 5 rings (SSSR count). The Morgan fingerprint density at radius 2 is 1.90 bits per heavy atom. The minimum Gasteiger partial charge on any atom is -0.481 e. The van der Waals surface area contributed by atoms with Gasteiger partial charge in [0.05, 0.1) is 22.9 Å². The highest BCUT2D eigenvalue weighted by molar-refractivity contribution is 5.70. The van der Waals surface area contributed by atoms with Crippen LogP contribution < -0.4 is 5.56 Å². The zero-order chi connectivity index (χ0) is 29.0. The Hall–Kier alpha value is -4.29. The van der Waals surface area contributed by atoms with Gasteiger partial charge in [0.25, 0.3) is 5.56 Å². The van der Waals surface area contributed by atoms with Gasteiger partial charge in [-0.05, 0) is 61.3 Å². The summed E-state index contributed by atoms with van der Waals surface area (Å²) in [6.45, 7) is 2.09. The second-order valence-corrected chi connectivity index (χ2v) is 10.9. The van der Waals surface area contributed by atoms with Crippen molar-refractivity contribution < 1.29 is 14.6 Å². The highest BCUT2D eigenvalue weighted by Gasteiger charge is 2.37. The summed E-state index contributed by atoms with van der Waals surface area (Å²) in [5, 5.41) is 23.2.